The van der Waals surface area contributed by atoms with Crippen molar-refractivity contribution in [3.05, 3.63) is 33.9 Å². The fourth-order valence-electron chi connectivity index (χ4n) is 5.97. The lowest BCUT2D eigenvalue weighted by molar-refractivity contribution is -0.385. The fourth-order valence-corrected chi connectivity index (χ4v) is 5.97. The summed E-state index contributed by atoms with van der Waals surface area (Å²) in [6.07, 6.45) is 10.1. The topological polar surface area (TPSA) is 90.7 Å². The molecule has 142 valence electrons. The summed E-state index contributed by atoms with van der Waals surface area (Å²) in [7, 11) is 0. The van der Waals surface area contributed by atoms with Gasteiger partial charge in [0, 0.05) is 11.6 Å². The number of fused-ring (bicyclic) bond motifs is 1. The highest BCUT2D eigenvalue weighted by Gasteiger charge is 2.51. The van der Waals surface area contributed by atoms with E-state index in [1.807, 2.05) is 0 Å². The van der Waals surface area contributed by atoms with Gasteiger partial charge in [-0.15, -0.1) is 0 Å². The van der Waals surface area contributed by atoms with Crippen LogP contribution in [0.1, 0.15) is 44.1 Å². The molecule has 1 aliphatic heterocycles. The normalized spacial score (nSPS) is 32.8. The van der Waals surface area contributed by atoms with Crippen molar-refractivity contribution in [3.63, 3.8) is 0 Å². The highest BCUT2D eigenvalue weighted by Crippen LogP contribution is 2.55. The molecule has 0 saturated heterocycles. The zero-order valence-corrected chi connectivity index (χ0v) is 15.0. The van der Waals surface area contributed by atoms with E-state index in [2.05, 4.69) is 5.32 Å². The lowest BCUT2D eigenvalue weighted by Crippen LogP contribution is -2.59. The third-order valence-corrected chi connectivity index (χ3v) is 6.56. The highest BCUT2D eigenvalue weighted by molar-refractivity contribution is 5.93. The second-order valence-corrected chi connectivity index (χ2v) is 8.54. The van der Waals surface area contributed by atoms with Crippen LogP contribution < -0.4 is 14.8 Å². The van der Waals surface area contributed by atoms with Gasteiger partial charge in [0.15, 0.2) is 11.5 Å². The van der Waals surface area contributed by atoms with Crippen LogP contribution in [0.3, 0.4) is 0 Å². The number of rotatable bonds is 4. The van der Waals surface area contributed by atoms with Crippen molar-refractivity contribution in [2.45, 2.75) is 44.1 Å². The summed E-state index contributed by atoms with van der Waals surface area (Å²) < 4.78 is 10.5. The number of nitro groups is 1. The van der Waals surface area contributed by atoms with Crippen molar-refractivity contribution in [1.82, 2.24) is 5.32 Å². The Morgan fingerprint density at radius 3 is 2.30 bits per heavy atom. The quantitative estimate of drug-likeness (QED) is 0.498. The number of ether oxygens (including phenoxy) is 2. The number of nitro benzene ring substituents is 1. The Morgan fingerprint density at radius 2 is 1.70 bits per heavy atom. The minimum absolute atomic E-state index is 0.0478. The van der Waals surface area contributed by atoms with Crippen molar-refractivity contribution >= 4 is 17.7 Å². The molecule has 7 nitrogen and oxygen atoms in total. The summed E-state index contributed by atoms with van der Waals surface area (Å²) in [6.45, 7) is 0.0478. The van der Waals surface area contributed by atoms with Gasteiger partial charge in [-0.2, -0.15) is 0 Å². The molecule has 5 aliphatic rings. The lowest BCUT2D eigenvalue weighted by atomic mass is 9.53. The van der Waals surface area contributed by atoms with Crippen molar-refractivity contribution in [2.75, 3.05) is 6.79 Å². The number of carbonyl (C=O) groups is 1. The Bertz CT molecular complexity index is 812. The van der Waals surface area contributed by atoms with Gasteiger partial charge >= 0.3 is 0 Å². The summed E-state index contributed by atoms with van der Waals surface area (Å²) in [6, 6.07) is 2.90. The van der Waals surface area contributed by atoms with Crippen LogP contribution in [0.15, 0.2) is 18.2 Å². The third-order valence-electron chi connectivity index (χ3n) is 6.56. The van der Waals surface area contributed by atoms with E-state index in [4.69, 9.17) is 9.47 Å². The molecule has 4 saturated carbocycles. The summed E-state index contributed by atoms with van der Waals surface area (Å²) in [5.74, 6) is 2.88. The monoisotopic (exact) mass is 370 g/mol. The summed E-state index contributed by atoms with van der Waals surface area (Å²) in [4.78, 5) is 23.5. The molecule has 1 N–H and O–H groups in total. The van der Waals surface area contributed by atoms with Crippen LogP contribution in [0.2, 0.25) is 0 Å². The van der Waals surface area contributed by atoms with E-state index < -0.39 is 4.92 Å². The van der Waals surface area contributed by atoms with Crippen LogP contribution in [0, 0.1) is 27.9 Å². The number of carbonyl (C=O) groups excluding carboxylic acids is 1. The zero-order valence-electron chi connectivity index (χ0n) is 15.0. The number of nitrogens with one attached hydrogen (secondary N) is 1. The standard InChI is InChI=1S/C20H22N2O5/c23-19(21-20-8-12-3-13(9-20)5-14(4-12)10-20)2-1-15-6-17-18(27-11-26-17)7-16(15)22(24)25/h1-2,6-7,12-14H,3-5,8-11H2,(H,21,23)/b2-1+. The fraction of sp³-hybridized carbons (Fsp3) is 0.550. The van der Waals surface area contributed by atoms with Crippen molar-refractivity contribution in [2.24, 2.45) is 17.8 Å². The van der Waals surface area contributed by atoms with Crippen LogP contribution in [-0.2, 0) is 4.79 Å². The summed E-state index contributed by atoms with van der Waals surface area (Å²) >= 11 is 0. The Hall–Kier alpha value is -2.57. The minimum atomic E-state index is -0.474. The Kier molecular flexibility index (Phi) is 3.67. The molecule has 1 aromatic carbocycles. The minimum Gasteiger partial charge on any atom is -0.454 e. The predicted octanol–water partition coefficient (Wildman–Crippen LogP) is 3.42. The largest absolute Gasteiger partial charge is 0.454 e. The molecule has 4 bridgehead atoms. The zero-order chi connectivity index (χ0) is 18.6. The lowest BCUT2D eigenvalue weighted by Gasteiger charge is -2.56. The Morgan fingerprint density at radius 1 is 1.11 bits per heavy atom. The van der Waals surface area contributed by atoms with Crippen molar-refractivity contribution in [3.8, 4) is 11.5 Å². The first-order chi connectivity index (χ1) is 13.0. The first-order valence-corrected chi connectivity index (χ1v) is 9.58. The maximum atomic E-state index is 12.6. The van der Waals surface area contributed by atoms with Crippen LogP contribution in [0.5, 0.6) is 11.5 Å². The molecule has 0 spiro atoms. The van der Waals surface area contributed by atoms with Gasteiger partial charge in [-0.3, -0.25) is 14.9 Å². The van der Waals surface area contributed by atoms with Gasteiger partial charge in [0.25, 0.3) is 5.69 Å². The second kappa shape index (κ2) is 5.97. The molecular weight excluding hydrogens is 348 g/mol. The molecule has 1 aromatic rings. The molecule has 7 heteroatoms. The molecule has 1 amide bonds. The van der Waals surface area contributed by atoms with Crippen LogP contribution in [-0.4, -0.2) is 23.2 Å². The van der Waals surface area contributed by atoms with Gasteiger partial charge in [-0.1, -0.05) is 0 Å². The van der Waals surface area contributed by atoms with Crippen molar-refractivity contribution in [1.29, 1.82) is 0 Å². The van der Waals surface area contributed by atoms with E-state index in [0.29, 0.717) is 17.1 Å². The first-order valence-electron chi connectivity index (χ1n) is 9.58. The molecular formula is C20H22N2O5. The molecule has 0 atom stereocenters. The molecule has 0 unspecified atom stereocenters. The number of hydrogen-bond acceptors (Lipinski definition) is 5. The van der Waals surface area contributed by atoms with Gasteiger partial charge in [-0.25, -0.2) is 0 Å². The number of amides is 1. The Balaban J connectivity index is 1.34. The van der Waals surface area contributed by atoms with Gasteiger partial charge in [-0.05, 0) is 68.4 Å². The van der Waals surface area contributed by atoms with Gasteiger partial charge < -0.3 is 14.8 Å². The van der Waals surface area contributed by atoms with E-state index in [1.54, 1.807) is 6.07 Å². The maximum absolute atomic E-state index is 12.6. The van der Waals surface area contributed by atoms with Crippen LogP contribution >= 0.6 is 0 Å². The van der Waals surface area contributed by atoms with Crippen molar-refractivity contribution < 1.29 is 19.2 Å². The van der Waals surface area contributed by atoms with Gasteiger partial charge in [0.2, 0.25) is 12.7 Å². The van der Waals surface area contributed by atoms with Gasteiger partial charge in [0.05, 0.1) is 16.6 Å². The first kappa shape index (κ1) is 16.6. The molecule has 4 fully saturated rings. The SMILES string of the molecule is O=C(/C=C/c1cc2c(cc1[N+](=O)[O-])OCO2)NC12CC3CC(CC(C3)C1)C2. The molecule has 0 aromatic heterocycles. The summed E-state index contributed by atoms with van der Waals surface area (Å²) in [5.41, 5.74) is 0.166. The number of hydrogen-bond donors (Lipinski definition) is 1. The average molecular weight is 370 g/mol. The van der Waals surface area contributed by atoms with E-state index >= 15 is 0 Å². The number of nitrogens with zero attached hydrogens (tertiary/aromatic N) is 1. The maximum Gasteiger partial charge on any atom is 0.280 e. The smallest absolute Gasteiger partial charge is 0.280 e. The van der Waals surface area contributed by atoms with E-state index in [9.17, 15) is 14.9 Å². The average Bonchev–Trinajstić information content (AvgIpc) is 3.04. The van der Waals surface area contributed by atoms with E-state index in [1.165, 1.54) is 37.5 Å². The van der Waals surface area contributed by atoms with Crippen LogP contribution in [0.4, 0.5) is 5.69 Å². The van der Waals surface area contributed by atoms with Crippen LogP contribution in [0.25, 0.3) is 6.08 Å². The molecule has 0 radical (unpaired) electrons. The molecule has 1 heterocycles. The third kappa shape index (κ3) is 2.95. The highest BCUT2D eigenvalue weighted by atomic mass is 16.7. The molecule has 27 heavy (non-hydrogen) atoms. The molecule has 6 rings (SSSR count). The molecule has 4 aliphatic carbocycles. The predicted molar refractivity (Wildman–Crippen MR) is 97.3 cm³/mol. The van der Waals surface area contributed by atoms with Gasteiger partial charge in [0.1, 0.15) is 0 Å². The summed E-state index contributed by atoms with van der Waals surface area (Å²) in [5, 5.41) is 14.6. The number of benzene rings is 1. The van der Waals surface area contributed by atoms with E-state index in [0.717, 1.165) is 37.0 Å². The Labute approximate surface area is 156 Å². The van der Waals surface area contributed by atoms with E-state index in [-0.39, 0.29) is 23.9 Å². The second-order valence-electron chi connectivity index (χ2n) is 8.54.